The molecule has 3 rings (SSSR count). The number of carbonyl (C=O) groups is 1. The van der Waals surface area contributed by atoms with Crippen LogP contribution in [0.1, 0.15) is 55.8 Å². The van der Waals surface area contributed by atoms with E-state index in [1.165, 1.54) is 5.56 Å². The number of rotatable bonds is 4. The highest BCUT2D eigenvalue weighted by Crippen LogP contribution is 2.36. The van der Waals surface area contributed by atoms with Gasteiger partial charge in [-0.25, -0.2) is 0 Å². The summed E-state index contributed by atoms with van der Waals surface area (Å²) >= 11 is 0. The number of nitrogens with one attached hydrogen (secondary N) is 2. The second kappa shape index (κ2) is 9.23. The fraction of sp³-hybridized carbons (Fsp3) is 0.381. The molecule has 0 fully saturated rings. The van der Waals surface area contributed by atoms with Gasteiger partial charge < -0.3 is 16.4 Å². The van der Waals surface area contributed by atoms with Crippen molar-refractivity contribution < 1.29 is 4.79 Å². The number of anilines is 1. The minimum Gasteiger partial charge on any atom is -0.399 e. The van der Waals surface area contributed by atoms with Gasteiger partial charge >= 0.3 is 0 Å². The maximum absolute atomic E-state index is 12.3. The van der Waals surface area contributed by atoms with Gasteiger partial charge in [0.1, 0.15) is 0 Å². The van der Waals surface area contributed by atoms with Crippen molar-refractivity contribution in [1.29, 1.82) is 0 Å². The summed E-state index contributed by atoms with van der Waals surface area (Å²) in [4.78, 5) is 12.3. The second-order valence-corrected chi connectivity index (χ2v) is 6.16. The molecule has 4 heteroatoms. The maximum Gasteiger partial charge on any atom is 0.228 e. The highest BCUT2D eigenvalue weighted by atomic mass is 16.2. The number of nitrogens with two attached hydrogens (primary N) is 1. The minimum absolute atomic E-state index is 0.0523. The van der Waals surface area contributed by atoms with E-state index < -0.39 is 0 Å². The van der Waals surface area contributed by atoms with Crippen LogP contribution in [0.3, 0.4) is 0 Å². The van der Waals surface area contributed by atoms with Gasteiger partial charge in [0.15, 0.2) is 0 Å². The van der Waals surface area contributed by atoms with Crippen molar-refractivity contribution in [2.45, 2.75) is 39.2 Å². The lowest BCUT2D eigenvalue weighted by Gasteiger charge is -2.32. The van der Waals surface area contributed by atoms with Crippen LogP contribution in [0.4, 0.5) is 5.69 Å². The summed E-state index contributed by atoms with van der Waals surface area (Å²) in [6.07, 6.45) is 0.812. The maximum atomic E-state index is 12.3. The molecular weight excluding hydrogens is 310 g/mol. The van der Waals surface area contributed by atoms with E-state index >= 15 is 0 Å². The third kappa shape index (κ3) is 4.60. The van der Waals surface area contributed by atoms with Gasteiger partial charge in [-0.2, -0.15) is 0 Å². The Labute approximate surface area is 150 Å². The molecule has 1 aliphatic rings. The van der Waals surface area contributed by atoms with Gasteiger partial charge in [0.05, 0.1) is 12.0 Å². The van der Waals surface area contributed by atoms with E-state index in [2.05, 4.69) is 36.6 Å². The molecular formula is C21H29N3O. The topological polar surface area (TPSA) is 67.2 Å². The number of fused-ring (bicyclic) bond motifs is 1. The fourth-order valence-corrected chi connectivity index (χ4v) is 3.21. The summed E-state index contributed by atoms with van der Waals surface area (Å²) in [5.41, 5.74) is 9.91. The number of hydrogen-bond donors (Lipinski definition) is 3. The van der Waals surface area contributed by atoms with Crippen molar-refractivity contribution in [3.8, 4) is 0 Å². The van der Waals surface area contributed by atoms with Crippen LogP contribution in [-0.4, -0.2) is 19.0 Å². The number of amides is 1. The van der Waals surface area contributed by atoms with Gasteiger partial charge in [0.25, 0.3) is 0 Å². The smallest absolute Gasteiger partial charge is 0.228 e. The average Bonchev–Trinajstić information content (AvgIpc) is 2.62. The normalized spacial score (nSPS) is 18.6. The third-order valence-corrected chi connectivity index (χ3v) is 4.44. The molecule has 1 aliphatic heterocycles. The van der Waals surface area contributed by atoms with Crippen LogP contribution in [0.5, 0.6) is 0 Å². The van der Waals surface area contributed by atoms with Crippen LogP contribution in [0.15, 0.2) is 48.5 Å². The standard InChI is InChI=1S/C17H18N2O.C4H11N/c1-2-13-14-8-3-4-9-15(14)16(19-17(13)20)11-6-5-7-12(18)10-11;1-3-5-4-2/h3-10,13,16H,2,18H2,1H3,(H,19,20);5H,3-4H2,1-2H3. The number of nitrogen functional groups attached to an aromatic ring is 1. The van der Waals surface area contributed by atoms with Crippen LogP contribution in [0.2, 0.25) is 0 Å². The molecule has 25 heavy (non-hydrogen) atoms. The minimum atomic E-state index is -0.106. The van der Waals surface area contributed by atoms with Crippen LogP contribution in [-0.2, 0) is 4.79 Å². The highest BCUT2D eigenvalue weighted by molar-refractivity contribution is 5.87. The largest absolute Gasteiger partial charge is 0.399 e. The predicted octanol–water partition coefficient (Wildman–Crippen LogP) is 3.60. The van der Waals surface area contributed by atoms with E-state index in [1.807, 2.05) is 43.3 Å². The fourth-order valence-electron chi connectivity index (χ4n) is 3.21. The lowest BCUT2D eigenvalue weighted by atomic mass is 9.82. The Bertz CT molecular complexity index is 697. The molecule has 0 bridgehead atoms. The Kier molecular flexibility index (Phi) is 7.02. The number of benzene rings is 2. The monoisotopic (exact) mass is 339 g/mol. The number of carbonyl (C=O) groups excluding carboxylic acids is 1. The van der Waals surface area contributed by atoms with Crippen LogP contribution in [0.25, 0.3) is 0 Å². The summed E-state index contributed by atoms with van der Waals surface area (Å²) in [5.74, 6) is 0.0436. The van der Waals surface area contributed by atoms with Gasteiger partial charge in [0.2, 0.25) is 5.91 Å². The predicted molar refractivity (Wildman–Crippen MR) is 105 cm³/mol. The van der Waals surface area contributed by atoms with Gasteiger partial charge in [-0.15, -0.1) is 0 Å². The molecule has 0 spiro atoms. The lowest BCUT2D eigenvalue weighted by molar-refractivity contribution is -0.123. The zero-order chi connectivity index (χ0) is 18.2. The van der Waals surface area contributed by atoms with Crippen LogP contribution in [0, 0.1) is 0 Å². The molecule has 0 aromatic heterocycles. The highest BCUT2D eigenvalue weighted by Gasteiger charge is 2.32. The van der Waals surface area contributed by atoms with E-state index in [0.29, 0.717) is 5.69 Å². The van der Waals surface area contributed by atoms with Crippen LogP contribution >= 0.6 is 0 Å². The van der Waals surface area contributed by atoms with Gasteiger partial charge in [-0.1, -0.05) is 57.2 Å². The van der Waals surface area contributed by atoms with Crippen molar-refractivity contribution in [3.63, 3.8) is 0 Å². The number of hydrogen-bond acceptors (Lipinski definition) is 3. The summed E-state index contributed by atoms with van der Waals surface area (Å²) in [7, 11) is 0. The van der Waals surface area contributed by atoms with E-state index in [0.717, 1.165) is 30.6 Å². The van der Waals surface area contributed by atoms with Gasteiger partial charge in [-0.05, 0) is 48.3 Å². The molecule has 2 aromatic carbocycles. The summed E-state index contributed by atoms with van der Waals surface area (Å²) in [6, 6.07) is 15.8. The molecule has 2 unspecified atom stereocenters. The molecule has 134 valence electrons. The SMILES string of the molecule is CCC1C(=O)NC(c2cccc(N)c2)c2ccccc21.CCNCC. The van der Waals surface area contributed by atoms with Crippen molar-refractivity contribution in [1.82, 2.24) is 10.6 Å². The Morgan fingerprint density at radius 1 is 1.00 bits per heavy atom. The molecule has 0 saturated carbocycles. The molecule has 4 nitrogen and oxygen atoms in total. The molecule has 1 heterocycles. The van der Waals surface area contributed by atoms with Gasteiger partial charge in [0, 0.05) is 5.69 Å². The van der Waals surface area contributed by atoms with Crippen molar-refractivity contribution in [3.05, 3.63) is 65.2 Å². The Morgan fingerprint density at radius 3 is 2.24 bits per heavy atom. The van der Waals surface area contributed by atoms with Crippen molar-refractivity contribution >= 4 is 11.6 Å². The summed E-state index contributed by atoms with van der Waals surface area (Å²) in [5, 5.41) is 6.23. The first-order valence-electron chi connectivity index (χ1n) is 9.07. The zero-order valence-corrected chi connectivity index (χ0v) is 15.4. The molecule has 2 aromatic rings. The first-order chi connectivity index (χ1) is 12.1. The van der Waals surface area contributed by atoms with E-state index in [1.54, 1.807) is 0 Å². The lowest BCUT2D eigenvalue weighted by Crippen LogP contribution is -2.38. The average molecular weight is 339 g/mol. The molecule has 0 radical (unpaired) electrons. The first kappa shape index (κ1) is 19.0. The van der Waals surface area contributed by atoms with E-state index in [9.17, 15) is 4.79 Å². The zero-order valence-electron chi connectivity index (χ0n) is 15.4. The third-order valence-electron chi connectivity index (χ3n) is 4.44. The summed E-state index contributed by atoms with van der Waals surface area (Å²) in [6.45, 7) is 8.43. The van der Waals surface area contributed by atoms with Crippen LogP contribution < -0.4 is 16.4 Å². The quantitative estimate of drug-likeness (QED) is 0.746. The van der Waals surface area contributed by atoms with Crippen molar-refractivity contribution in [2.24, 2.45) is 0 Å². The van der Waals surface area contributed by atoms with E-state index in [4.69, 9.17) is 5.73 Å². The molecule has 2 atom stereocenters. The summed E-state index contributed by atoms with van der Waals surface area (Å²) < 4.78 is 0. The van der Waals surface area contributed by atoms with Crippen molar-refractivity contribution in [2.75, 3.05) is 18.8 Å². The first-order valence-corrected chi connectivity index (χ1v) is 9.07. The van der Waals surface area contributed by atoms with Gasteiger partial charge in [-0.3, -0.25) is 4.79 Å². The molecule has 0 aliphatic carbocycles. The Hall–Kier alpha value is -2.33. The van der Waals surface area contributed by atoms with E-state index in [-0.39, 0.29) is 17.9 Å². The molecule has 0 saturated heterocycles. The molecule has 1 amide bonds. The Morgan fingerprint density at radius 2 is 1.68 bits per heavy atom. The second-order valence-electron chi connectivity index (χ2n) is 6.16. The molecule has 4 N–H and O–H groups in total. The Balaban J connectivity index is 0.000000399.